The Morgan fingerprint density at radius 1 is 0.963 bits per heavy atom. The fourth-order valence-electron chi connectivity index (χ4n) is 1.35. The van der Waals surface area contributed by atoms with Crippen LogP contribution in [0.25, 0.3) is 0 Å². The Labute approximate surface area is 158 Å². The van der Waals surface area contributed by atoms with Crippen LogP contribution in [0.15, 0.2) is 36.6 Å². The number of carboxylic acids is 2. The molecule has 0 aliphatic carbocycles. The van der Waals surface area contributed by atoms with E-state index < -0.39 is 32.7 Å². The quantitative estimate of drug-likeness (QED) is 0.248. The smallest absolute Gasteiger partial charge is 0.478 e. The van der Waals surface area contributed by atoms with Crippen molar-refractivity contribution in [1.29, 1.82) is 0 Å². The lowest BCUT2D eigenvalue weighted by molar-refractivity contribution is -0.150. The molecule has 0 aromatic carbocycles. The Morgan fingerprint density at radius 3 is 1.44 bits per heavy atom. The van der Waals surface area contributed by atoms with Crippen LogP contribution < -0.4 is 0 Å². The summed E-state index contributed by atoms with van der Waals surface area (Å²) in [5.41, 5.74) is 1.67. The zero-order chi connectivity index (χ0) is 21.3. The van der Waals surface area contributed by atoms with Crippen LogP contribution in [0.2, 0.25) is 0 Å². The number of cyclic esters (lactones) is 2. The molecular weight excluding hydrogens is 380 g/mol. The Kier molecular flexibility index (Phi) is 15.4. The molecule has 0 fully saturated rings. The topological polar surface area (TPSA) is 146 Å². The molecule has 11 heteroatoms. The molecule has 1 heterocycles. The summed E-state index contributed by atoms with van der Waals surface area (Å²) in [6.45, 7) is 11.2. The average Bonchev–Trinajstić information content (AvgIpc) is 2.98. The summed E-state index contributed by atoms with van der Waals surface area (Å²) in [6, 6.07) is 0. The van der Waals surface area contributed by atoms with Gasteiger partial charge in [0.05, 0.1) is 0 Å². The summed E-state index contributed by atoms with van der Waals surface area (Å²) in [5.74, 6) is -3.67. The van der Waals surface area contributed by atoms with Crippen LogP contribution in [-0.4, -0.2) is 62.7 Å². The minimum absolute atomic E-state index is 0.558. The zero-order valence-electron chi connectivity index (χ0n) is 15.4. The van der Waals surface area contributed by atoms with Crippen molar-refractivity contribution in [3.05, 3.63) is 36.6 Å². The molecule has 0 unspecified atom stereocenters. The van der Waals surface area contributed by atoms with Gasteiger partial charge in [0, 0.05) is 44.1 Å². The normalized spacial score (nSPS) is 12.6. The van der Waals surface area contributed by atoms with Gasteiger partial charge in [-0.15, -0.1) is 0 Å². The van der Waals surface area contributed by atoms with E-state index in [1.165, 1.54) is 0 Å². The van der Waals surface area contributed by atoms with Crippen molar-refractivity contribution in [3.8, 4) is 0 Å². The van der Waals surface area contributed by atoms with E-state index in [2.05, 4.69) is 11.3 Å². The highest BCUT2D eigenvalue weighted by molar-refractivity contribution is 6.66. The average molecular weight is 404 g/mol. The van der Waals surface area contributed by atoms with Gasteiger partial charge in [-0.25, -0.2) is 19.2 Å². The lowest BCUT2D eigenvalue weighted by Crippen LogP contribution is -2.44. The number of rotatable bonds is 9. The molecule has 2 N–H and O–H groups in total. The minimum atomic E-state index is -2.51. The first-order valence-corrected chi connectivity index (χ1v) is 9.59. The molecule has 0 aromatic heterocycles. The summed E-state index contributed by atoms with van der Waals surface area (Å²) in [5, 5.41) is 15.6. The molecule has 0 amide bonds. The molecule has 152 valence electrons. The number of esters is 2. The molecule has 0 bridgehead atoms. The Hall–Kier alpha value is -2.60. The Morgan fingerprint density at radius 2 is 1.30 bits per heavy atom. The Bertz CT molecular complexity index is 519. The second kappa shape index (κ2) is 15.6. The SMILES string of the molecule is C=C[Si](OCC)(OCC)OCC.O=C(O)/C=C\C(=O)O.O=C1C=CC(=O)O1. The number of carboxylic acid groups (broad SMARTS) is 2. The third-order valence-electron chi connectivity index (χ3n) is 2.21. The lowest BCUT2D eigenvalue weighted by Gasteiger charge is -2.24. The number of hydrogen-bond acceptors (Lipinski definition) is 8. The highest BCUT2D eigenvalue weighted by atomic mass is 28.4. The molecule has 0 spiro atoms. The molecule has 0 radical (unpaired) electrons. The molecule has 1 aliphatic rings. The van der Waals surface area contributed by atoms with Crippen molar-refractivity contribution in [1.82, 2.24) is 0 Å². The van der Waals surface area contributed by atoms with E-state index in [0.29, 0.717) is 32.0 Å². The summed E-state index contributed by atoms with van der Waals surface area (Å²) in [7, 11) is -2.51. The predicted molar refractivity (Wildman–Crippen MR) is 95.5 cm³/mol. The standard InChI is InChI=1S/C8H18O3Si.C4H4O4.C4H2O3/c1-5-9-12(8-4,10-6-2)11-7-3;5-3(6)1-2-4(7)8;5-3-1-2-4(6)7-3/h8H,4-7H2,1-3H3;1-2H,(H,5,6)(H,7,8);1-2H/b;2-1-;. The van der Waals surface area contributed by atoms with E-state index in [4.69, 9.17) is 23.5 Å². The third-order valence-corrected chi connectivity index (χ3v) is 4.78. The molecule has 1 aliphatic heterocycles. The first-order valence-electron chi connectivity index (χ1n) is 7.79. The zero-order valence-corrected chi connectivity index (χ0v) is 16.4. The molecule has 27 heavy (non-hydrogen) atoms. The van der Waals surface area contributed by atoms with Gasteiger partial charge >= 0.3 is 32.7 Å². The molecule has 0 saturated carbocycles. The van der Waals surface area contributed by atoms with E-state index in [1.807, 2.05) is 20.8 Å². The van der Waals surface area contributed by atoms with Crippen molar-refractivity contribution >= 4 is 32.7 Å². The van der Waals surface area contributed by atoms with E-state index in [1.54, 1.807) is 5.70 Å². The van der Waals surface area contributed by atoms with Gasteiger partial charge in [-0.1, -0.05) is 6.58 Å². The van der Waals surface area contributed by atoms with E-state index in [9.17, 15) is 19.2 Å². The van der Waals surface area contributed by atoms with Crippen molar-refractivity contribution in [2.75, 3.05) is 19.8 Å². The number of carbonyl (C=O) groups excluding carboxylic acids is 2. The van der Waals surface area contributed by atoms with Gasteiger partial charge in [0.1, 0.15) is 0 Å². The van der Waals surface area contributed by atoms with Crippen LogP contribution in [-0.2, 0) is 37.2 Å². The minimum Gasteiger partial charge on any atom is -0.478 e. The van der Waals surface area contributed by atoms with Gasteiger partial charge in [-0.3, -0.25) is 0 Å². The largest absolute Gasteiger partial charge is 0.528 e. The number of carbonyl (C=O) groups is 4. The highest BCUT2D eigenvalue weighted by Gasteiger charge is 2.36. The Balaban J connectivity index is 0. The van der Waals surface area contributed by atoms with Crippen molar-refractivity contribution in [3.63, 3.8) is 0 Å². The summed E-state index contributed by atoms with van der Waals surface area (Å²) in [6.07, 6.45) is 3.29. The van der Waals surface area contributed by atoms with Crippen molar-refractivity contribution in [2.45, 2.75) is 20.8 Å². The first kappa shape index (κ1) is 26.6. The summed E-state index contributed by atoms with van der Waals surface area (Å²) in [4.78, 5) is 39.0. The van der Waals surface area contributed by atoms with Crippen LogP contribution in [0.3, 0.4) is 0 Å². The van der Waals surface area contributed by atoms with Gasteiger partial charge in [0.2, 0.25) is 0 Å². The van der Waals surface area contributed by atoms with Crippen molar-refractivity contribution in [2.24, 2.45) is 0 Å². The third kappa shape index (κ3) is 15.4. The predicted octanol–water partition coefficient (Wildman–Crippen LogP) is 1.10. The monoisotopic (exact) mass is 404 g/mol. The van der Waals surface area contributed by atoms with Gasteiger partial charge in [0.25, 0.3) is 0 Å². The molecule has 10 nitrogen and oxygen atoms in total. The van der Waals surface area contributed by atoms with Crippen molar-refractivity contribution < 1.29 is 47.4 Å². The number of ether oxygens (including phenoxy) is 1. The molecular formula is C16H24O10Si. The highest BCUT2D eigenvalue weighted by Crippen LogP contribution is 2.10. The molecule has 0 atom stereocenters. The van der Waals surface area contributed by atoms with Gasteiger partial charge < -0.3 is 28.2 Å². The fourth-order valence-corrected chi connectivity index (χ4v) is 3.16. The van der Waals surface area contributed by atoms with Crippen LogP contribution in [0, 0.1) is 0 Å². The van der Waals surface area contributed by atoms with E-state index >= 15 is 0 Å². The lowest BCUT2D eigenvalue weighted by atomic mass is 10.5. The van der Waals surface area contributed by atoms with Gasteiger partial charge in [-0.2, -0.15) is 0 Å². The number of aliphatic carboxylic acids is 2. The van der Waals surface area contributed by atoms with Crippen LogP contribution in [0.4, 0.5) is 0 Å². The van der Waals surface area contributed by atoms with Crippen LogP contribution >= 0.6 is 0 Å². The maximum atomic E-state index is 9.92. The van der Waals surface area contributed by atoms with E-state index in [-0.39, 0.29) is 0 Å². The maximum absolute atomic E-state index is 9.92. The fraction of sp³-hybridized carbons (Fsp3) is 0.375. The second-order valence-corrected chi connectivity index (χ2v) is 6.67. The molecule has 0 aromatic rings. The second-order valence-electron chi connectivity index (χ2n) is 4.19. The molecule has 1 rings (SSSR count). The number of hydrogen-bond donors (Lipinski definition) is 2. The van der Waals surface area contributed by atoms with Crippen LogP contribution in [0.5, 0.6) is 0 Å². The summed E-state index contributed by atoms with van der Waals surface area (Å²) < 4.78 is 20.3. The summed E-state index contributed by atoms with van der Waals surface area (Å²) >= 11 is 0. The van der Waals surface area contributed by atoms with Gasteiger partial charge in [0.15, 0.2) is 0 Å². The maximum Gasteiger partial charge on any atom is 0.528 e. The van der Waals surface area contributed by atoms with Gasteiger partial charge in [-0.05, 0) is 26.5 Å². The van der Waals surface area contributed by atoms with E-state index in [0.717, 1.165) is 12.2 Å². The first-order chi connectivity index (χ1) is 12.7. The van der Waals surface area contributed by atoms with Crippen LogP contribution in [0.1, 0.15) is 20.8 Å². The molecule has 0 saturated heterocycles.